The van der Waals surface area contributed by atoms with Crippen molar-refractivity contribution in [3.63, 3.8) is 0 Å². The molecule has 0 aliphatic carbocycles. The maximum absolute atomic E-state index is 13.2. The molecule has 2 aliphatic heterocycles. The van der Waals surface area contributed by atoms with E-state index in [1.54, 1.807) is 18.9 Å². The molecular weight excluding hydrogens is 468 g/mol. The van der Waals surface area contributed by atoms with Crippen molar-refractivity contribution in [3.8, 4) is 5.75 Å². The Bertz CT molecular complexity index is 1040. The highest BCUT2D eigenvalue weighted by atomic mass is 35.5. The predicted molar refractivity (Wildman–Crippen MR) is 128 cm³/mol. The van der Waals surface area contributed by atoms with Crippen LogP contribution in [0.4, 0.5) is 0 Å². The second-order valence-electron chi connectivity index (χ2n) is 8.33. The van der Waals surface area contributed by atoms with Crippen molar-refractivity contribution >= 4 is 39.1 Å². The summed E-state index contributed by atoms with van der Waals surface area (Å²) < 4.78 is 28.8. The Morgan fingerprint density at radius 1 is 1.19 bits per heavy atom. The fourth-order valence-corrected chi connectivity index (χ4v) is 7.29. The fourth-order valence-electron chi connectivity index (χ4n) is 4.27. The maximum atomic E-state index is 13.2. The second-order valence-corrected chi connectivity index (χ2v) is 12.4. The number of sulfone groups is 1. The van der Waals surface area contributed by atoms with Gasteiger partial charge in [0, 0.05) is 34.3 Å². The topological polar surface area (TPSA) is 75.7 Å². The molecule has 6 nitrogen and oxygen atoms in total. The highest BCUT2D eigenvalue weighted by Crippen LogP contribution is 2.34. The molecule has 1 amide bonds. The van der Waals surface area contributed by atoms with Gasteiger partial charge in [-0.15, -0.1) is 11.8 Å². The van der Waals surface area contributed by atoms with Crippen LogP contribution in [0.1, 0.15) is 18.4 Å². The SMILES string of the molecule is COc1ccc(S[C@@H]2C[C@@H](C(=O)N[C@@H]3CCS(=O)(=O)C3)N(Cc3ccc(Cl)cc3)C2)cc1. The normalized spacial score (nSPS) is 25.0. The summed E-state index contributed by atoms with van der Waals surface area (Å²) in [6, 6.07) is 15.0. The average Bonchev–Trinajstić information content (AvgIpc) is 3.32. The van der Waals surface area contributed by atoms with Crippen LogP contribution in [0, 0.1) is 0 Å². The van der Waals surface area contributed by atoms with Crippen LogP contribution in [-0.4, -0.2) is 61.7 Å². The van der Waals surface area contributed by atoms with Crippen molar-refractivity contribution in [2.75, 3.05) is 25.2 Å². The number of thioether (sulfide) groups is 1. The molecule has 4 rings (SSSR count). The molecule has 0 unspecified atom stereocenters. The van der Waals surface area contributed by atoms with Gasteiger partial charge in [-0.2, -0.15) is 0 Å². The van der Waals surface area contributed by atoms with Gasteiger partial charge in [-0.3, -0.25) is 9.69 Å². The Labute approximate surface area is 198 Å². The Kier molecular flexibility index (Phi) is 7.34. The summed E-state index contributed by atoms with van der Waals surface area (Å²) in [5.41, 5.74) is 1.09. The van der Waals surface area contributed by atoms with E-state index >= 15 is 0 Å². The number of methoxy groups -OCH3 is 1. The summed E-state index contributed by atoms with van der Waals surface area (Å²) in [7, 11) is -1.40. The van der Waals surface area contributed by atoms with Gasteiger partial charge in [0.1, 0.15) is 5.75 Å². The van der Waals surface area contributed by atoms with E-state index in [0.717, 1.165) is 22.8 Å². The number of likely N-dealkylation sites (tertiary alicyclic amines) is 1. The first-order valence-electron chi connectivity index (χ1n) is 10.6. The Balaban J connectivity index is 1.46. The van der Waals surface area contributed by atoms with Crippen molar-refractivity contribution in [2.24, 2.45) is 0 Å². The summed E-state index contributed by atoms with van der Waals surface area (Å²) in [5.74, 6) is 0.910. The van der Waals surface area contributed by atoms with E-state index in [1.807, 2.05) is 48.5 Å². The first-order valence-corrected chi connectivity index (χ1v) is 13.7. The van der Waals surface area contributed by atoms with Crippen LogP contribution in [-0.2, 0) is 21.2 Å². The van der Waals surface area contributed by atoms with Crippen molar-refractivity contribution in [2.45, 2.75) is 41.6 Å². The third-order valence-electron chi connectivity index (χ3n) is 5.91. The lowest BCUT2D eigenvalue weighted by Crippen LogP contribution is -2.47. The third kappa shape index (κ3) is 5.98. The molecule has 2 aliphatic rings. The van der Waals surface area contributed by atoms with Crippen molar-refractivity contribution in [1.29, 1.82) is 0 Å². The second kappa shape index (κ2) is 10.0. The predicted octanol–water partition coefficient (Wildman–Crippen LogP) is 3.39. The van der Waals surface area contributed by atoms with Crippen LogP contribution in [0.3, 0.4) is 0 Å². The molecule has 9 heteroatoms. The molecule has 0 spiro atoms. The van der Waals surface area contributed by atoms with Gasteiger partial charge >= 0.3 is 0 Å². The van der Waals surface area contributed by atoms with E-state index in [2.05, 4.69) is 10.2 Å². The van der Waals surface area contributed by atoms with Gasteiger partial charge in [0.25, 0.3) is 0 Å². The minimum atomic E-state index is -3.04. The minimum Gasteiger partial charge on any atom is -0.497 e. The molecule has 0 radical (unpaired) electrons. The number of carbonyl (C=O) groups is 1. The number of nitrogens with one attached hydrogen (secondary N) is 1. The van der Waals surface area contributed by atoms with Crippen LogP contribution >= 0.6 is 23.4 Å². The van der Waals surface area contributed by atoms with Crippen molar-refractivity contribution in [3.05, 3.63) is 59.1 Å². The molecule has 2 fully saturated rings. The number of ether oxygens (including phenoxy) is 1. The third-order valence-corrected chi connectivity index (χ3v) is 9.15. The van der Waals surface area contributed by atoms with E-state index in [0.29, 0.717) is 24.4 Å². The Morgan fingerprint density at radius 2 is 1.91 bits per heavy atom. The number of rotatable bonds is 7. The molecule has 32 heavy (non-hydrogen) atoms. The van der Waals surface area contributed by atoms with Crippen LogP contribution in [0.25, 0.3) is 0 Å². The maximum Gasteiger partial charge on any atom is 0.237 e. The number of hydrogen-bond donors (Lipinski definition) is 1. The van der Waals surface area contributed by atoms with E-state index in [9.17, 15) is 13.2 Å². The van der Waals surface area contributed by atoms with E-state index < -0.39 is 9.84 Å². The van der Waals surface area contributed by atoms with Gasteiger partial charge in [0.15, 0.2) is 9.84 Å². The number of amides is 1. The van der Waals surface area contributed by atoms with Gasteiger partial charge in [-0.25, -0.2) is 8.42 Å². The molecule has 3 atom stereocenters. The zero-order chi connectivity index (χ0) is 22.7. The van der Waals surface area contributed by atoms with Crippen LogP contribution in [0.15, 0.2) is 53.4 Å². The first-order chi connectivity index (χ1) is 15.3. The highest BCUT2D eigenvalue weighted by molar-refractivity contribution is 8.00. The fraction of sp³-hybridized carbons (Fsp3) is 0.435. The standard InChI is InChI=1S/C23H27ClN2O4S2/c1-30-19-6-8-20(9-7-19)31-21-12-22(23(27)25-18-10-11-32(28,29)15-18)26(14-21)13-16-2-4-17(24)5-3-16/h2-9,18,21-22H,10-15H2,1H3,(H,25,27)/t18-,21-,22+/m1/s1. The number of benzene rings is 2. The summed E-state index contributed by atoms with van der Waals surface area (Å²) in [6.07, 6.45) is 1.19. The van der Waals surface area contributed by atoms with Gasteiger partial charge in [0.2, 0.25) is 5.91 Å². The monoisotopic (exact) mass is 494 g/mol. The number of halogens is 1. The average molecular weight is 495 g/mol. The summed E-state index contributed by atoms with van der Waals surface area (Å²) in [5, 5.41) is 3.92. The van der Waals surface area contributed by atoms with Crippen molar-refractivity contribution < 1.29 is 17.9 Å². The molecule has 0 bridgehead atoms. The summed E-state index contributed by atoms with van der Waals surface area (Å²) in [4.78, 5) is 16.5. The lowest BCUT2D eigenvalue weighted by Gasteiger charge is -2.25. The van der Waals surface area contributed by atoms with Gasteiger partial charge in [-0.1, -0.05) is 23.7 Å². The van der Waals surface area contributed by atoms with E-state index in [-0.39, 0.29) is 34.7 Å². The minimum absolute atomic E-state index is 0.0344. The Hall–Kier alpha value is -1.74. The van der Waals surface area contributed by atoms with Gasteiger partial charge in [-0.05, 0) is 54.8 Å². The molecular formula is C23H27ClN2O4S2. The lowest BCUT2D eigenvalue weighted by atomic mass is 10.1. The summed E-state index contributed by atoms with van der Waals surface area (Å²) in [6.45, 7) is 1.40. The Morgan fingerprint density at radius 3 is 2.53 bits per heavy atom. The smallest absolute Gasteiger partial charge is 0.237 e. The van der Waals surface area contributed by atoms with Crippen LogP contribution in [0.2, 0.25) is 5.02 Å². The molecule has 2 aromatic rings. The zero-order valence-corrected chi connectivity index (χ0v) is 20.3. The molecule has 0 aromatic heterocycles. The van der Waals surface area contributed by atoms with Crippen molar-refractivity contribution in [1.82, 2.24) is 10.2 Å². The van der Waals surface area contributed by atoms with Crippen LogP contribution < -0.4 is 10.1 Å². The number of hydrogen-bond acceptors (Lipinski definition) is 6. The van der Waals surface area contributed by atoms with E-state index in [4.69, 9.17) is 16.3 Å². The first kappa shape index (κ1) is 23.4. The molecule has 2 aromatic carbocycles. The summed E-state index contributed by atoms with van der Waals surface area (Å²) >= 11 is 7.78. The van der Waals surface area contributed by atoms with Crippen LogP contribution in [0.5, 0.6) is 5.75 Å². The molecule has 2 heterocycles. The number of carbonyl (C=O) groups excluding carboxylic acids is 1. The number of nitrogens with zero attached hydrogens (tertiary/aromatic N) is 1. The molecule has 1 N–H and O–H groups in total. The quantitative estimate of drug-likeness (QED) is 0.636. The van der Waals surface area contributed by atoms with E-state index in [1.165, 1.54) is 0 Å². The largest absolute Gasteiger partial charge is 0.497 e. The molecule has 0 saturated carbocycles. The van der Waals surface area contributed by atoms with Gasteiger partial charge in [0.05, 0.1) is 24.7 Å². The highest BCUT2D eigenvalue weighted by Gasteiger charge is 2.39. The van der Waals surface area contributed by atoms with Gasteiger partial charge < -0.3 is 10.1 Å². The lowest BCUT2D eigenvalue weighted by molar-refractivity contribution is -0.126. The zero-order valence-electron chi connectivity index (χ0n) is 17.9. The molecule has 2 saturated heterocycles. The molecule has 172 valence electrons.